The molecule has 2 rings (SSSR count). The minimum absolute atomic E-state index is 0.305. The fraction of sp³-hybridized carbons (Fsp3) is 0.586. The van der Waals surface area contributed by atoms with E-state index >= 15 is 0 Å². The Labute approximate surface area is 201 Å². The summed E-state index contributed by atoms with van der Waals surface area (Å²) in [5.41, 5.74) is 1.45. The lowest BCUT2D eigenvalue weighted by molar-refractivity contribution is 0.0631. The predicted molar refractivity (Wildman–Crippen MR) is 136 cm³/mol. The van der Waals surface area contributed by atoms with Gasteiger partial charge in [0.05, 0.1) is 11.2 Å². The Bertz CT molecular complexity index is 848. The summed E-state index contributed by atoms with van der Waals surface area (Å²) in [6, 6.07) is 12.2. The maximum atomic E-state index is 10.7. The minimum atomic E-state index is -1.10. The van der Waals surface area contributed by atoms with Crippen LogP contribution in [0.15, 0.2) is 36.4 Å². The summed E-state index contributed by atoms with van der Waals surface area (Å²) in [4.78, 5) is 0. The van der Waals surface area contributed by atoms with Crippen LogP contribution >= 0.6 is 0 Å². The standard InChI is InChI=1S/C29H44O4/c1-19(2)16-24(20(3)4)22-10-12-23(13-11-22)32-14-15-33-27-25(28(6,7)30)17-21(5)18-26(27)29(8,9)31/h10-13,17-20,24,30-31H,14-16H2,1-9H3. The van der Waals surface area contributed by atoms with E-state index in [4.69, 9.17) is 9.47 Å². The van der Waals surface area contributed by atoms with E-state index in [0.717, 1.165) is 11.3 Å². The fourth-order valence-corrected chi connectivity index (χ4v) is 4.25. The molecule has 0 aliphatic carbocycles. The van der Waals surface area contributed by atoms with Crippen molar-refractivity contribution in [2.24, 2.45) is 11.8 Å². The molecular formula is C29H44O4. The van der Waals surface area contributed by atoms with Crippen LogP contribution in [0, 0.1) is 18.8 Å². The molecule has 2 aromatic carbocycles. The second kappa shape index (κ2) is 10.9. The van der Waals surface area contributed by atoms with Crippen LogP contribution in [0.2, 0.25) is 0 Å². The van der Waals surface area contributed by atoms with Gasteiger partial charge in [-0.25, -0.2) is 0 Å². The summed E-state index contributed by atoms with van der Waals surface area (Å²) in [6.45, 7) is 18.6. The molecule has 0 heterocycles. The smallest absolute Gasteiger partial charge is 0.131 e. The van der Waals surface area contributed by atoms with E-state index in [1.165, 1.54) is 12.0 Å². The molecule has 2 N–H and O–H groups in total. The predicted octanol–water partition coefficient (Wildman–Crippen LogP) is 6.69. The molecule has 0 saturated carbocycles. The average molecular weight is 457 g/mol. The zero-order valence-corrected chi connectivity index (χ0v) is 22.0. The summed E-state index contributed by atoms with van der Waals surface area (Å²) in [7, 11) is 0. The van der Waals surface area contributed by atoms with Gasteiger partial charge in [0.1, 0.15) is 24.7 Å². The molecule has 1 atom stereocenters. The molecule has 0 bridgehead atoms. The van der Waals surface area contributed by atoms with Crippen LogP contribution in [0.25, 0.3) is 0 Å². The van der Waals surface area contributed by atoms with Crippen molar-refractivity contribution in [3.8, 4) is 11.5 Å². The van der Waals surface area contributed by atoms with Gasteiger partial charge in [0.15, 0.2) is 0 Å². The minimum Gasteiger partial charge on any atom is -0.490 e. The zero-order valence-electron chi connectivity index (χ0n) is 22.0. The Kier molecular flexibility index (Phi) is 9.01. The first kappa shape index (κ1) is 27.2. The lowest BCUT2D eigenvalue weighted by Gasteiger charge is -2.29. The molecule has 4 heteroatoms. The van der Waals surface area contributed by atoms with E-state index in [2.05, 4.69) is 39.8 Å². The van der Waals surface area contributed by atoms with Gasteiger partial charge in [-0.15, -0.1) is 0 Å². The molecule has 4 nitrogen and oxygen atoms in total. The molecule has 0 aromatic heterocycles. The number of aliphatic hydroxyl groups is 2. The second-order valence-corrected chi connectivity index (χ2v) is 11.1. The highest BCUT2D eigenvalue weighted by Gasteiger charge is 2.29. The van der Waals surface area contributed by atoms with E-state index in [1.807, 2.05) is 31.2 Å². The van der Waals surface area contributed by atoms with Crippen molar-refractivity contribution >= 4 is 0 Å². The highest BCUT2D eigenvalue weighted by atomic mass is 16.5. The molecule has 0 saturated heterocycles. The Morgan fingerprint density at radius 2 is 1.27 bits per heavy atom. The molecule has 0 spiro atoms. The van der Waals surface area contributed by atoms with Gasteiger partial charge in [-0.3, -0.25) is 0 Å². The molecule has 0 radical (unpaired) electrons. The van der Waals surface area contributed by atoms with Gasteiger partial charge in [0.2, 0.25) is 0 Å². The zero-order chi connectivity index (χ0) is 25.0. The van der Waals surface area contributed by atoms with Crippen molar-refractivity contribution in [2.45, 2.75) is 85.9 Å². The van der Waals surface area contributed by atoms with Gasteiger partial charge in [0.25, 0.3) is 0 Å². The maximum Gasteiger partial charge on any atom is 0.131 e. The first-order valence-electron chi connectivity index (χ1n) is 12.2. The summed E-state index contributed by atoms with van der Waals surface area (Å²) >= 11 is 0. The van der Waals surface area contributed by atoms with Crippen LogP contribution in [0.3, 0.4) is 0 Å². The Balaban J connectivity index is 2.09. The first-order chi connectivity index (χ1) is 15.2. The van der Waals surface area contributed by atoms with Crippen LogP contribution in [0.5, 0.6) is 11.5 Å². The van der Waals surface area contributed by atoms with Crippen molar-refractivity contribution in [1.82, 2.24) is 0 Å². The van der Waals surface area contributed by atoms with E-state index in [1.54, 1.807) is 27.7 Å². The van der Waals surface area contributed by atoms with E-state index in [-0.39, 0.29) is 0 Å². The van der Waals surface area contributed by atoms with Gasteiger partial charge in [0, 0.05) is 11.1 Å². The largest absolute Gasteiger partial charge is 0.490 e. The first-order valence-corrected chi connectivity index (χ1v) is 12.2. The van der Waals surface area contributed by atoms with Crippen LogP contribution in [0.1, 0.15) is 90.0 Å². The molecule has 1 unspecified atom stereocenters. The molecule has 33 heavy (non-hydrogen) atoms. The molecule has 2 aromatic rings. The third kappa shape index (κ3) is 7.75. The highest BCUT2D eigenvalue weighted by Crippen LogP contribution is 2.39. The number of hydrogen-bond donors (Lipinski definition) is 2. The lowest BCUT2D eigenvalue weighted by atomic mass is 9.82. The van der Waals surface area contributed by atoms with Crippen molar-refractivity contribution in [3.63, 3.8) is 0 Å². The topological polar surface area (TPSA) is 58.9 Å². The Morgan fingerprint density at radius 1 is 0.788 bits per heavy atom. The number of rotatable bonds is 11. The van der Waals surface area contributed by atoms with Gasteiger partial charge in [-0.2, -0.15) is 0 Å². The molecule has 0 amide bonds. The second-order valence-electron chi connectivity index (χ2n) is 11.1. The Hall–Kier alpha value is -2.04. The van der Waals surface area contributed by atoms with Crippen molar-refractivity contribution < 1.29 is 19.7 Å². The summed E-state index contributed by atoms with van der Waals surface area (Å²) in [5, 5.41) is 21.4. The SMILES string of the molecule is Cc1cc(C(C)(C)O)c(OCCOc2ccc(C(CC(C)C)C(C)C)cc2)c(C(C)(C)O)c1. The van der Waals surface area contributed by atoms with Gasteiger partial charge in [-0.05, 0) is 88.6 Å². The van der Waals surface area contributed by atoms with Crippen molar-refractivity contribution in [1.29, 1.82) is 0 Å². The third-order valence-corrected chi connectivity index (χ3v) is 5.99. The average Bonchev–Trinajstić information content (AvgIpc) is 2.68. The number of hydrogen-bond acceptors (Lipinski definition) is 4. The fourth-order valence-electron chi connectivity index (χ4n) is 4.25. The monoisotopic (exact) mass is 456 g/mol. The lowest BCUT2D eigenvalue weighted by Crippen LogP contribution is -2.24. The highest BCUT2D eigenvalue weighted by molar-refractivity contribution is 5.49. The van der Waals surface area contributed by atoms with Crippen LogP contribution in [-0.4, -0.2) is 23.4 Å². The quantitative estimate of drug-likeness (QED) is 0.370. The van der Waals surface area contributed by atoms with Gasteiger partial charge >= 0.3 is 0 Å². The molecule has 0 aliphatic heterocycles. The van der Waals surface area contributed by atoms with Crippen LogP contribution in [0.4, 0.5) is 0 Å². The summed E-state index contributed by atoms with van der Waals surface area (Å²) in [5.74, 6) is 3.13. The third-order valence-electron chi connectivity index (χ3n) is 5.99. The van der Waals surface area contributed by atoms with E-state index < -0.39 is 11.2 Å². The molecule has 184 valence electrons. The van der Waals surface area contributed by atoms with E-state index in [0.29, 0.717) is 47.8 Å². The maximum absolute atomic E-state index is 10.7. The van der Waals surface area contributed by atoms with Crippen LogP contribution < -0.4 is 9.47 Å². The number of ether oxygens (including phenoxy) is 2. The van der Waals surface area contributed by atoms with Crippen molar-refractivity contribution in [3.05, 3.63) is 58.7 Å². The van der Waals surface area contributed by atoms with Gasteiger partial charge in [-0.1, -0.05) is 45.4 Å². The van der Waals surface area contributed by atoms with E-state index in [9.17, 15) is 10.2 Å². The molecular weight excluding hydrogens is 412 g/mol. The van der Waals surface area contributed by atoms with Crippen molar-refractivity contribution in [2.75, 3.05) is 13.2 Å². The number of aryl methyl sites for hydroxylation is 1. The Morgan fingerprint density at radius 3 is 1.70 bits per heavy atom. The molecule has 0 fully saturated rings. The van der Waals surface area contributed by atoms with Gasteiger partial charge < -0.3 is 19.7 Å². The van der Waals surface area contributed by atoms with Crippen LogP contribution in [-0.2, 0) is 11.2 Å². The summed E-state index contributed by atoms with van der Waals surface area (Å²) in [6.07, 6.45) is 1.18. The number of benzene rings is 2. The summed E-state index contributed by atoms with van der Waals surface area (Å²) < 4.78 is 12.0. The normalized spacial score (nSPS) is 13.5. The molecule has 0 aliphatic rings.